The van der Waals surface area contributed by atoms with Crippen molar-refractivity contribution in [2.45, 2.75) is 6.54 Å². The summed E-state index contributed by atoms with van der Waals surface area (Å²) in [7, 11) is 1.74. The maximum absolute atomic E-state index is 11.3. The molecule has 0 aliphatic heterocycles. The zero-order valence-electron chi connectivity index (χ0n) is 11.2. The first-order chi connectivity index (χ1) is 9.74. The van der Waals surface area contributed by atoms with Gasteiger partial charge in [0.15, 0.2) is 0 Å². The molecule has 2 aromatic heterocycles. The highest BCUT2D eigenvalue weighted by molar-refractivity contribution is 5.84. The Morgan fingerprint density at radius 2 is 2.00 bits per heavy atom. The Kier molecular flexibility index (Phi) is 3.21. The minimum absolute atomic E-state index is 0.0117. The molecule has 100 valence electrons. The van der Waals surface area contributed by atoms with Crippen LogP contribution in [0.4, 0.5) is 5.69 Å². The van der Waals surface area contributed by atoms with Crippen LogP contribution in [0, 0.1) is 0 Å². The Hall–Kier alpha value is -2.62. The van der Waals surface area contributed by atoms with Crippen LogP contribution in [0.2, 0.25) is 0 Å². The number of benzene rings is 1. The van der Waals surface area contributed by atoms with Crippen molar-refractivity contribution in [1.82, 2.24) is 9.55 Å². The molecule has 2 heterocycles. The predicted molar refractivity (Wildman–Crippen MR) is 80.8 cm³/mol. The van der Waals surface area contributed by atoms with Gasteiger partial charge in [-0.2, -0.15) is 0 Å². The van der Waals surface area contributed by atoms with E-state index >= 15 is 0 Å². The molecule has 0 bridgehead atoms. The highest BCUT2D eigenvalue weighted by Crippen LogP contribution is 2.18. The fourth-order valence-electron chi connectivity index (χ4n) is 2.22. The third kappa shape index (κ3) is 2.40. The van der Waals surface area contributed by atoms with Crippen molar-refractivity contribution in [1.29, 1.82) is 0 Å². The van der Waals surface area contributed by atoms with E-state index in [4.69, 9.17) is 0 Å². The molecule has 0 aliphatic rings. The standard InChI is InChI=1S/C16H15N3O/c1-19-11-14(6-7-16(19)20)18-10-13-9-17-8-12-4-2-3-5-15(12)13/h2-9,11,18H,10H2,1H3. The largest absolute Gasteiger partial charge is 0.380 e. The second kappa shape index (κ2) is 5.17. The Morgan fingerprint density at radius 1 is 1.15 bits per heavy atom. The van der Waals surface area contributed by atoms with Crippen molar-refractivity contribution in [3.05, 3.63) is 70.9 Å². The Morgan fingerprint density at radius 3 is 2.85 bits per heavy atom. The van der Waals surface area contributed by atoms with Gasteiger partial charge in [0.25, 0.3) is 0 Å². The van der Waals surface area contributed by atoms with E-state index in [0.717, 1.165) is 16.6 Å². The van der Waals surface area contributed by atoms with Crippen LogP contribution in [0.25, 0.3) is 10.8 Å². The monoisotopic (exact) mass is 265 g/mol. The molecule has 3 aromatic rings. The quantitative estimate of drug-likeness (QED) is 0.791. The van der Waals surface area contributed by atoms with E-state index in [1.807, 2.05) is 24.5 Å². The number of fused-ring (bicyclic) bond motifs is 1. The summed E-state index contributed by atoms with van der Waals surface area (Å²) in [5, 5.41) is 5.65. The lowest BCUT2D eigenvalue weighted by atomic mass is 10.1. The highest BCUT2D eigenvalue weighted by Gasteiger charge is 2.01. The first-order valence-corrected chi connectivity index (χ1v) is 6.46. The van der Waals surface area contributed by atoms with Crippen LogP contribution in [0.15, 0.2) is 59.8 Å². The molecule has 0 fully saturated rings. The molecule has 1 N–H and O–H groups in total. The Balaban J connectivity index is 1.86. The predicted octanol–water partition coefficient (Wildman–Crippen LogP) is 2.55. The van der Waals surface area contributed by atoms with Crippen LogP contribution in [0.1, 0.15) is 5.56 Å². The van der Waals surface area contributed by atoms with Gasteiger partial charge in [-0.3, -0.25) is 9.78 Å². The van der Waals surface area contributed by atoms with Gasteiger partial charge in [0.05, 0.1) is 5.69 Å². The molecule has 0 saturated carbocycles. The zero-order chi connectivity index (χ0) is 13.9. The summed E-state index contributed by atoms with van der Waals surface area (Å²) in [6, 6.07) is 11.5. The first kappa shape index (κ1) is 12.4. The average molecular weight is 265 g/mol. The third-order valence-corrected chi connectivity index (χ3v) is 3.32. The molecule has 4 nitrogen and oxygen atoms in total. The number of hydrogen-bond donors (Lipinski definition) is 1. The Labute approximate surface area is 116 Å². The van der Waals surface area contributed by atoms with Gasteiger partial charge in [-0.1, -0.05) is 24.3 Å². The number of pyridine rings is 2. The lowest BCUT2D eigenvalue weighted by molar-refractivity contribution is 0.859. The number of anilines is 1. The van der Waals surface area contributed by atoms with Gasteiger partial charge in [0.1, 0.15) is 0 Å². The van der Waals surface area contributed by atoms with Gasteiger partial charge in [-0.15, -0.1) is 0 Å². The Bertz CT molecular complexity index is 803. The fraction of sp³-hybridized carbons (Fsp3) is 0.125. The summed E-state index contributed by atoms with van der Waals surface area (Å²) in [4.78, 5) is 15.6. The maximum Gasteiger partial charge on any atom is 0.250 e. The molecule has 4 heteroatoms. The number of hydrogen-bond acceptors (Lipinski definition) is 3. The van der Waals surface area contributed by atoms with E-state index in [9.17, 15) is 4.79 Å². The van der Waals surface area contributed by atoms with Crippen molar-refractivity contribution in [3.8, 4) is 0 Å². The number of aryl methyl sites for hydroxylation is 1. The molecule has 0 aliphatic carbocycles. The fourth-order valence-corrected chi connectivity index (χ4v) is 2.22. The molecular weight excluding hydrogens is 250 g/mol. The van der Waals surface area contributed by atoms with Gasteiger partial charge >= 0.3 is 0 Å². The number of rotatable bonds is 3. The van der Waals surface area contributed by atoms with Gasteiger partial charge in [-0.05, 0) is 17.0 Å². The topological polar surface area (TPSA) is 46.9 Å². The van der Waals surface area contributed by atoms with Crippen molar-refractivity contribution < 1.29 is 0 Å². The van der Waals surface area contributed by atoms with Crippen molar-refractivity contribution in [3.63, 3.8) is 0 Å². The van der Waals surface area contributed by atoms with Crippen LogP contribution in [-0.2, 0) is 13.6 Å². The van der Waals surface area contributed by atoms with Gasteiger partial charge < -0.3 is 9.88 Å². The number of aromatic nitrogens is 2. The molecular formula is C16H15N3O. The van der Waals surface area contributed by atoms with E-state index in [1.54, 1.807) is 29.9 Å². The maximum atomic E-state index is 11.3. The summed E-state index contributed by atoms with van der Waals surface area (Å²) < 4.78 is 1.56. The SMILES string of the molecule is Cn1cc(NCc2cncc3ccccc23)ccc1=O. The molecule has 1 aromatic carbocycles. The molecule has 0 radical (unpaired) electrons. The van der Waals surface area contributed by atoms with Crippen LogP contribution in [0.3, 0.4) is 0 Å². The van der Waals surface area contributed by atoms with Gasteiger partial charge in [0, 0.05) is 43.6 Å². The molecule has 20 heavy (non-hydrogen) atoms. The van der Waals surface area contributed by atoms with E-state index in [0.29, 0.717) is 6.54 Å². The summed E-state index contributed by atoms with van der Waals surface area (Å²) >= 11 is 0. The minimum atomic E-state index is -0.0117. The molecule has 0 spiro atoms. The van der Waals surface area contributed by atoms with Crippen LogP contribution in [-0.4, -0.2) is 9.55 Å². The van der Waals surface area contributed by atoms with E-state index in [1.165, 1.54) is 5.39 Å². The zero-order valence-corrected chi connectivity index (χ0v) is 11.2. The highest BCUT2D eigenvalue weighted by atomic mass is 16.1. The third-order valence-electron chi connectivity index (χ3n) is 3.32. The average Bonchev–Trinajstić information content (AvgIpc) is 2.48. The summed E-state index contributed by atoms with van der Waals surface area (Å²) in [6.07, 6.45) is 5.53. The second-order valence-electron chi connectivity index (χ2n) is 4.74. The molecule has 3 rings (SSSR count). The first-order valence-electron chi connectivity index (χ1n) is 6.46. The normalized spacial score (nSPS) is 10.7. The summed E-state index contributed by atoms with van der Waals surface area (Å²) in [5.41, 5.74) is 2.04. The van der Waals surface area contributed by atoms with Crippen LogP contribution < -0.4 is 10.9 Å². The summed E-state index contributed by atoms with van der Waals surface area (Å²) in [6.45, 7) is 0.673. The number of nitrogens with zero attached hydrogens (tertiary/aromatic N) is 2. The molecule has 0 unspecified atom stereocenters. The molecule has 0 saturated heterocycles. The molecule has 0 amide bonds. The van der Waals surface area contributed by atoms with E-state index in [2.05, 4.69) is 22.4 Å². The smallest absolute Gasteiger partial charge is 0.250 e. The van der Waals surface area contributed by atoms with Crippen LogP contribution in [0.5, 0.6) is 0 Å². The van der Waals surface area contributed by atoms with Crippen molar-refractivity contribution in [2.75, 3.05) is 5.32 Å². The molecule has 0 atom stereocenters. The van der Waals surface area contributed by atoms with E-state index < -0.39 is 0 Å². The minimum Gasteiger partial charge on any atom is -0.380 e. The van der Waals surface area contributed by atoms with Crippen LogP contribution >= 0.6 is 0 Å². The lowest BCUT2D eigenvalue weighted by Gasteiger charge is -2.09. The van der Waals surface area contributed by atoms with E-state index in [-0.39, 0.29) is 5.56 Å². The van der Waals surface area contributed by atoms with Crippen molar-refractivity contribution >= 4 is 16.5 Å². The second-order valence-corrected chi connectivity index (χ2v) is 4.74. The lowest BCUT2D eigenvalue weighted by Crippen LogP contribution is -2.15. The van der Waals surface area contributed by atoms with Crippen molar-refractivity contribution in [2.24, 2.45) is 7.05 Å². The summed E-state index contributed by atoms with van der Waals surface area (Å²) in [5.74, 6) is 0. The van der Waals surface area contributed by atoms with Gasteiger partial charge in [-0.25, -0.2) is 0 Å². The number of nitrogens with one attached hydrogen (secondary N) is 1. The van der Waals surface area contributed by atoms with Gasteiger partial charge in [0.2, 0.25) is 5.56 Å².